The highest BCUT2D eigenvalue weighted by Gasteiger charge is 2.29. The van der Waals surface area contributed by atoms with Gasteiger partial charge in [0.05, 0.1) is 6.61 Å². The van der Waals surface area contributed by atoms with Gasteiger partial charge >= 0.3 is 0 Å². The highest BCUT2D eigenvalue weighted by molar-refractivity contribution is 5.96. The number of nitrogens with one attached hydrogen (secondary N) is 1. The molecule has 4 rings (SSSR count). The Morgan fingerprint density at radius 1 is 1.14 bits per heavy atom. The number of ether oxygens (including phenoxy) is 3. The van der Waals surface area contributed by atoms with Crippen molar-refractivity contribution in [1.82, 2.24) is 10.3 Å². The van der Waals surface area contributed by atoms with Gasteiger partial charge in [0.25, 0.3) is 5.91 Å². The summed E-state index contributed by atoms with van der Waals surface area (Å²) in [5, 5.41) is 10.4. The number of aromatic nitrogens is 2. The monoisotopic (exact) mass is 395 g/mol. The van der Waals surface area contributed by atoms with Crippen molar-refractivity contribution in [3.63, 3.8) is 0 Å². The maximum absolute atomic E-state index is 12.6. The number of anilines is 1. The van der Waals surface area contributed by atoms with Crippen molar-refractivity contribution in [2.75, 3.05) is 18.5 Å². The Labute approximate surface area is 167 Å². The number of carbonyl (C=O) groups is 1. The number of benzene rings is 2. The molecule has 1 N–H and O–H groups in total. The van der Waals surface area contributed by atoms with Gasteiger partial charge < -0.3 is 19.5 Å². The van der Waals surface area contributed by atoms with Gasteiger partial charge in [0.15, 0.2) is 17.2 Å². The van der Waals surface area contributed by atoms with Crippen molar-refractivity contribution in [2.45, 2.75) is 20.0 Å². The minimum atomic E-state index is -0.804. The van der Waals surface area contributed by atoms with Gasteiger partial charge in [-0.15, -0.1) is 0 Å². The Kier molecular flexibility index (Phi) is 5.33. The highest BCUT2D eigenvalue weighted by Crippen LogP contribution is 2.32. The zero-order valence-electron chi connectivity index (χ0n) is 16.1. The second kappa shape index (κ2) is 8.22. The van der Waals surface area contributed by atoms with E-state index in [0.29, 0.717) is 29.7 Å². The Morgan fingerprint density at radius 2 is 1.90 bits per heavy atom. The van der Waals surface area contributed by atoms with Gasteiger partial charge in [0.2, 0.25) is 11.9 Å². The van der Waals surface area contributed by atoms with Gasteiger partial charge in [-0.25, -0.2) is 4.63 Å². The quantitative estimate of drug-likeness (QED) is 0.682. The maximum atomic E-state index is 12.6. The number of rotatable bonds is 6. The Hall–Kier alpha value is -3.55. The molecule has 0 aliphatic carbocycles. The molecule has 1 amide bonds. The predicted octanol–water partition coefficient (Wildman–Crippen LogP) is 3.55. The number of hydrogen-bond acceptors (Lipinski definition) is 7. The third-order valence-electron chi connectivity index (χ3n) is 4.24. The fourth-order valence-electron chi connectivity index (χ4n) is 2.78. The molecule has 8 heteroatoms. The zero-order valence-corrected chi connectivity index (χ0v) is 16.1. The first-order valence-electron chi connectivity index (χ1n) is 9.35. The molecule has 0 spiro atoms. The largest absolute Gasteiger partial charge is 0.493 e. The molecule has 29 heavy (non-hydrogen) atoms. The molecule has 1 aromatic heterocycles. The third-order valence-corrected chi connectivity index (χ3v) is 4.24. The summed E-state index contributed by atoms with van der Waals surface area (Å²) in [4.78, 5) is 12.6. The first-order chi connectivity index (χ1) is 14.1. The van der Waals surface area contributed by atoms with Crippen molar-refractivity contribution in [3.05, 3.63) is 48.5 Å². The molecule has 8 nitrogen and oxygen atoms in total. The predicted molar refractivity (Wildman–Crippen MR) is 105 cm³/mol. The van der Waals surface area contributed by atoms with Crippen LogP contribution >= 0.6 is 0 Å². The molecule has 2 aromatic carbocycles. The molecule has 2 heterocycles. The highest BCUT2D eigenvalue weighted by atomic mass is 16.6. The molecule has 1 atom stereocenters. The summed E-state index contributed by atoms with van der Waals surface area (Å²) in [6.07, 6.45) is -0.804. The molecular formula is C21H21N3O5. The SMILES string of the molecule is CC(C)COc1ccc(-c2nonc2NC(=O)C2COc3ccccc3O2)cc1. The second-order valence-corrected chi connectivity index (χ2v) is 7.04. The summed E-state index contributed by atoms with van der Waals surface area (Å²) in [6, 6.07) is 14.5. The van der Waals surface area contributed by atoms with Gasteiger partial charge in [-0.1, -0.05) is 26.0 Å². The Bertz CT molecular complexity index is 984. The van der Waals surface area contributed by atoms with Gasteiger partial charge in [-0.2, -0.15) is 0 Å². The lowest BCUT2D eigenvalue weighted by Gasteiger charge is -2.25. The summed E-state index contributed by atoms with van der Waals surface area (Å²) in [6.45, 7) is 4.91. The smallest absolute Gasteiger partial charge is 0.270 e. The zero-order chi connectivity index (χ0) is 20.2. The van der Waals surface area contributed by atoms with Crippen LogP contribution in [0.3, 0.4) is 0 Å². The van der Waals surface area contributed by atoms with Gasteiger partial charge in [-0.3, -0.25) is 4.79 Å². The molecule has 3 aromatic rings. The van der Waals surface area contributed by atoms with E-state index in [2.05, 4.69) is 29.5 Å². The lowest BCUT2D eigenvalue weighted by atomic mass is 10.1. The summed E-state index contributed by atoms with van der Waals surface area (Å²) in [5.41, 5.74) is 1.16. The van der Waals surface area contributed by atoms with Gasteiger partial charge in [0.1, 0.15) is 12.4 Å². The van der Waals surface area contributed by atoms with Crippen molar-refractivity contribution in [3.8, 4) is 28.5 Å². The van der Waals surface area contributed by atoms with Crippen LogP contribution in [-0.4, -0.2) is 35.5 Å². The second-order valence-electron chi connectivity index (χ2n) is 7.04. The fourth-order valence-corrected chi connectivity index (χ4v) is 2.78. The normalized spacial score (nSPS) is 15.2. The molecule has 1 unspecified atom stereocenters. The average molecular weight is 395 g/mol. The van der Waals surface area contributed by atoms with Crippen LogP contribution < -0.4 is 19.5 Å². The molecule has 0 saturated heterocycles. The molecule has 1 aliphatic heterocycles. The number of fused-ring (bicyclic) bond motifs is 1. The Balaban J connectivity index is 1.44. The number of hydrogen-bond donors (Lipinski definition) is 1. The van der Waals surface area contributed by atoms with Crippen LogP contribution in [0.2, 0.25) is 0 Å². The Morgan fingerprint density at radius 3 is 2.66 bits per heavy atom. The molecule has 0 saturated carbocycles. The number of carbonyl (C=O) groups excluding carboxylic acids is 1. The first-order valence-corrected chi connectivity index (χ1v) is 9.35. The van der Waals surface area contributed by atoms with Crippen LogP contribution in [0.25, 0.3) is 11.3 Å². The van der Waals surface area contributed by atoms with E-state index in [0.717, 1.165) is 11.3 Å². The van der Waals surface area contributed by atoms with Crippen molar-refractivity contribution >= 4 is 11.7 Å². The maximum Gasteiger partial charge on any atom is 0.270 e. The number of para-hydroxylation sites is 2. The van der Waals surface area contributed by atoms with Crippen LogP contribution in [-0.2, 0) is 4.79 Å². The number of nitrogens with zero attached hydrogens (tertiary/aromatic N) is 2. The van der Waals surface area contributed by atoms with E-state index >= 15 is 0 Å². The summed E-state index contributed by atoms with van der Waals surface area (Å²) >= 11 is 0. The molecule has 0 bridgehead atoms. The standard InChI is InChI=1S/C21H21N3O5/c1-13(2)11-26-15-9-7-14(8-10-15)19-20(24-29-23-19)22-21(25)18-12-27-16-5-3-4-6-17(16)28-18/h3-10,13,18H,11-12H2,1-2H3,(H,22,24,25). The van der Waals surface area contributed by atoms with E-state index in [1.807, 2.05) is 36.4 Å². The molecule has 1 aliphatic rings. The molecular weight excluding hydrogens is 374 g/mol. The molecule has 0 radical (unpaired) electrons. The van der Waals surface area contributed by atoms with Crippen LogP contribution in [0.4, 0.5) is 5.82 Å². The fraction of sp³-hybridized carbons (Fsp3) is 0.286. The lowest BCUT2D eigenvalue weighted by molar-refractivity contribution is -0.125. The summed E-state index contributed by atoms with van der Waals surface area (Å²) in [7, 11) is 0. The van der Waals surface area contributed by atoms with Crippen molar-refractivity contribution in [1.29, 1.82) is 0 Å². The molecule has 0 fully saturated rings. The van der Waals surface area contributed by atoms with E-state index in [4.69, 9.17) is 18.8 Å². The van der Waals surface area contributed by atoms with Gasteiger partial charge in [0, 0.05) is 5.56 Å². The van der Waals surface area contributed by atoms with Crippen LogP contribution in [0.15, 0.2) is 53.2 Å². The lowest BCUT2D eigenvalue weighted by Crippen LogP contribution is -2.40. The van der Waals surface area contributed by atoms with E-state index in [1.54, 1.807) is 12.1 Å². The van der Waals surface area contributed by atoms with Crippen LogP contribution in [0.1, 0.15) is 13.8 Å². The number of amides is 1. The van der Waals surface area contributed by atoms with Crippen molar-refractivity contribution in [2.24, 2.45) is 5.92 Å². The van der Waals surface area contributed by atoms with Crippen LogP contribution in [0.5, 0.6) is 17.2 Å². The first kappa shape index (κ1) is 18.8. The van der Waals surface area contributed by atoms with E-state index in [-0.39, 0.29) is 12.4 Å². The average Bonchev–Trinajstić information content (AvgIpc) is 3.20. The summed E-state index contributed by atoms with van der Waals surface area (Å²) < 4.78 is 21.8. The van der Waals surface area contributed by atoms with Gasteiger partial charge in [-0.05, 0) is 52.6 Å². The topological polar surface area (TPSA) is 95.7 Å². The third kappa shape index (κ3) is 4.31. The molecule has 150 valence electrons. The van der Waals surface area contributed by atoms with E-state index < -0.39 is 12.0 Å². The summed E-state index contributed by atoms with van der Waals surface area (Å²) in [5.74, 6) is 2.15. The minimum Gasteiger partial charge on any atom is -0.493 e. The van der Waals surface area contributed by atoms with E-state index in [9.17, 15) is 4.79 Å². The van der Waals surface area contributed by atoms with Crippen molar-refractivity contribution < 1.29 is 23.6 Å². The van der Waals surface area contributed by atoms with Crippen LogP contribution in [0, 0.1) is 5.92 Å². The minimum absolute atomic E-state index is 0.103. The van der Waals surface area contributed by atoms with E-state index in [1.165, 1.54) is 0 Å².